The lowest BCUT2D eigenvalue weighted by atomic mass is 10.1. The summed E-state index contributed by atoms with van der Waals surface area (Å²) in [7, 11) is 0. The van der Waals surface area contributed by atoms with E-state index in [1.54, 1.807) is 13.0 Å². The van der Waals surface area contributed by atoms with Gasteiger partial charge in [0.05, 0.1) is 5.56 Å². The summed E-state index contributed by atoms with van der Waals surface area (Å²) < 4.78 is 60.5. The van der Waals surface area contributed by atoms with Crippen molar-refractivity contribution < 1.29 is 22.0 Å². The molecule has 0 aliphatic carbocycles. The van der Waals surface area contributed by atoms with E-state index in [1.807, 2.05) is 27.7 Å². The predicted molar refractivity (Wildman–Crippen MR) is 90.0 cm³/mol. The van der Waals surface area contributed by atoms with Crippen LogP contribution in [0.3, 0.4) is 0 Å². The predicted octanol–water partition coefficient (Wildman–Crippen LogP) is 7.34. The molecule has 0 aromatic heterocycles. The Morgan fingerprint density at radius 3 is 1.42 bits per heavy atom. The van der Waals surface area contributed by atoms with E-state index in [0.717, 1.165) is 12.1 Å². The number of halogens is 5. The maximum atomic E-state index is 12.2. The molecule has 0 bridgehead atoms. The summed E-state index contributed by atoms with van der Waals surface area (Å²) >= 11 is 0. The minimum absolute atomic E-state index is 0.264. The Balaban J connectivity index is 0. The van der Waals surface area contributed by atoms with E-state index in [2.05, 4.69) is 0 Å². The third-order valence-corrected chi connectivity index (χ3v) is 2.46. The standard InChI is InChI=1S/C8H7F3.C7H6F2.2C2H6/c1-6-4-2-3-5-7(6)8(9,10)11;1-5-2-6(8)4-7(9)3-5;2*1-2/h2-5H,1H3;2-4H,1H3;2*1-2H3. The Labute approximate surface area is 141 Å². The number of alkyl halides is 3. The normalized spacial score (nSPS) is 9.46. The topological polar surface area (TPSA) is 0 Å². The van der Waals surface area contributed by atoms with Crippen molar-refractivity contribution in [3.05, 3.63) is 70.8 Å². The molecule has 0 amide bonds. The fourth-order valence-electron chi connectivity index (χ4n) is 1.58. The number of benzene rings is 2. The summed E-state index contributed by atoms with van der Waals surface area (Å²) in [5.74, 6) is -1.04. The first-order valence-corrected chi connectivity index (χ1v) is 7.75. The van der Waals surface area contributed by atoms with Crippen molar-refractivity contribution in [2.45, 2.75) is 47.7 Å². The van der Waals surface area contributed by atoms with Crippen molar-refractivity contribution in [3.8, 4) is 0 Å². The molecule has 0 atom stereocenters. The van der Waals surface area contributed by atoms with E-state index >= 15 is 0 Å². The first-order chi connectivity index (χ1) is 11.2. The molecule has 0 spiro atoms. The van der Waals surface area contributed by atoms with Crippen LogP contribution in [0.25, 0.3) is 0 Å². The highest BCUT2D eigenvalue weighted by atomic mass is 19.4. The molecule has 136 valence electrons. The Morgan fingerprint density at radius 2 is 1.12 bits per heavy atom. The van der Waals surface area contributed by atoms with Gasteiger partial charge in [-0.05, 0) is 43.2 Å². The van der Waals surface area contributed by atoms with Gasteiger partial charge in [0.15, 0.2) is 0 Å². The van der Waals surface area contributed by atoms with Crippen LogP contribution >= 0.6 is 0 Å². The molecular formula is C19H25F5. The lowest BCUT2D eigenvalue weighted by molar-refractivity contribution is -0.138. The minimum atomic E-state index is -4.22. The second kappa shape index (κ2) is 12.5. The van der Waals surface area contributed by atoms with Crippen molar-refractivity contribution in [3.63, 3.8) is 0 Å². The molecule has 0 N–H and O–H groups in total. The molecule has 0 saturated carbocycles. The first kappa shape index (κ1) is 24.3. The molecule has 0 unspecified atom stereocenters. The fraction of sp³-hybridized carbons (Fsp3) is 0.368. The largest absolute Gasteiger partial charge is 0.416 e. The van der Waals surface area contributed by atoms with Gasteiger partial charge in [-0.1, -0.05) is 45.9 Å². The molecule has 0 radical (unpaired) electrons. The second-order valence-electron chi connectivity index (χ2n) is 4.26. The van der Waals surface area contributed by atoms with Gasteiger partial charge in [0.25, 0.3) is 0 Å². The Kier molecular flexibility index (Phi) is 12.7. The number of hydrogen-bond acceptors (Lipinski definition) is 0. The van der Waals surface area contributed by atoms with Gasteiger partial charge in [0.2, 0.25) is 0 Å². The zero-order valence-corrected chi connectivity index (χ0v) is 14.9. The van der Waals surface area contributed by atoms with E-state index in [9.17, 15) is 22.0 Å². The highest BCUT2D eigenvalue weighted by Gasteiger charge is 2.31. The lowest BCUT2D eigenvalue weighted by Gasteiger charge is -2.08. The van der Waals surface area contributed by atoms with Gasteiger partial charge in [-0.2, -0.15) is 13.2 Å². The van der Waals surface area contributed by atoms with Gasteiger partial charge in [-0.3, -0.25) is 0 Å². The highest BCUT2D eigenvalue weighted by Crippen LogP contribution is 2.31. The average Bonchev–Trinajstić information content (AvgIpc) is 2.50. The van der Waals surface area contributed by atoms with Crippen LogP contribution in [0.2, 0.25) is 0 Å². The molecule has 0 nitrogen and oxygen atoms in total. The zero-order chi connectivity index (χ0) is 19.3. The molecule has 0 saturated heterocycles. The molecule has 2 aromatic carbocycles. The van der Waals surface area contributed by atoms with E-state index in [-0.39, 0.29) is 5.56 Å². The van der Waals surface area contributed by atoms with Crippen molar-refractivity contribution in [1.29, 1.82) is 0 Å². The minimum Gasteiger partial charge on any atom is -0.207 e. The van der Waals surface area contributed by atoms with Crippen LogP contribution in [-0.4, -0.2) is 0 Å². The quantitative estimate of drug-likeness (QED) is 0.437. The SMILES string of the molecule is CC.CC.Cc1cc(F)cc(F)c1.Cc1ccccc1C(F)(F)F. The molecule has 5 heteroatoms. The molecular weight excluding hydrogens is 323 g/mol. The third-order valence-electron chi connectivity index (χ3n) is 2.46. The fourth-order valence-corrected chi connectivity index (χ4v) is 1.58. The monoisotopic (exact) mass is 348 g/mol. The van der Waals surface area contributed by atoms with Gasteiger partial charge in [0, 0.05) is 6.07 Å². The van der Waals surface area contributed by atoms with Crippen LogP contribution in [0.4, 0.5) is 22.0 Å². The van der Waals surface area contributed by atoms with Crippen molar-refractivity contribution in [2.75, 3.05) is 0 Å². The van der Waals surface area contributed by atoms with Gasteiger partial charge in [0.1, 0.15) is 11.6 Å². The van der Waals surface area contributed by atoms with Crippen LogP contribution in [0.1, 0.15) is 44.4 Å². The summed E-state index contributed by atoms with van der Waals surface area (Å²) in [6.45, 7) is 11.1. The molecule has 2 aromatic rings. The zero-order valence-electron chi connectivity index (χ0n) is 14.9. The van der Waals surface area contributed by atoms with Crippen LogP contribution in [0, 0.1) is 25.5 Å². The van der Waals surface area contributed by atoms with Crippen molar-refractivity contribution >= 4 is 0 Å². The average molecular weight is 348 g/mol. The number of rotatable bonds is 0. The van der Waals surface area contributed by atoms with E-state index in [1.165, 1.54) is 31.2 Å². The van der Waals surface area contributed by atoms with E-state index in [4.69, 9.17) is 0 Å². The van der Waals surface area contributed by atoms with E-state index in [0.29, 0.717) is 5.56 Å². The molecule has 0 aliphatic heterocycles. The summed E-state index contributed by atoms with van der Waals surface area (Å²) in [6, 6.07) is 8.91. The smallest absolute Gasteiger partial charge is 0.207 e. The van der Waals surface area contributed by atoms with E-state index < -0.39 is 23.4 Å². The summed E-state index contributed by atoms with van der Waals surface area (Å²) in [6.07, 6.45) is -4.22. The van der Waals surface area contributed by atoms with Crippen molar-refractivity contribution in [2.24, 2.45) is 0 Å². The summed E-state index contributed by atoms with van der Waals surface area (Å²) in [4.78, 5) is 0. The first-order valence-electron chi connectivity index (χ1n) is 7.75. The lowest BCUT2D eigenvalue weighted by Crippen LogP contribution is -2.06. The van der Waals surface area contributed by atoms with Crippen LogP contribution in [0.15, 0.2) is 42.5 Å². The molecule has 0 fully saturated rings. The molecule has 0 heterocycles. The number of aryl methyl sites for hydroxylation is 2. The van der Waals surface area contributed by atoms with Crippen LogP contribution in [0.5, 0.6) is 0 Å². The Morgan fingerprint density at radius 1 is 0.708 bits per heavy atom. The highest BCUT2D eigenvalue weighted by molar-refractivity contribution is 5.27. The van der Waals surface area contributed by atoms with Gasteiger partial charge in [-0.15, -0.1) is 0 Å². The van der Waals surface area contributed by atoms with Crippen LogP contribution in [-0.2, 0) is 6.18 Å². The maximum Gasteiger partial charge on any atom is 0.416 e. The van der Waals surface area contributed by atoms with Gasteiger partial charge >= 0.3 is 6.18 Å². The molecule has 2 rings (SSSR count). The summed E-state index contributed by atoms with van der Waals surface area (Å²) in [5.41, 5.74) is 0.313. The Hall–Kier alpha value is -1.91. The van der Waals surface area contributed by atoms with Crippen LogP contribution < -0.4 is 0 Å². The number of hydrogen-bond donors (Lipinski definition) is 0. The Bertz CT molecular complexity index is 524. The summed E-state index contributed by atoms with van der Waals surface area (Å²) in [5, 5.41) is 0. The molecule has 24 heavy (non-hydrogen) atoms. The molecule has 0 aliphatic rings. The second-order valence-corrected chi connectivity index (χ2v) is 4.26. The third kappa shape index (κ3) is 9.98. The van der Waals surface area contributed by atoms with Gasteiger partial charge < -0.3 is 0 Å². The van der Waals surface area contributed by atoms with Gasteiger partial charge in [-0.25, -0.2) is 8.78 Å². The maximum absolute atomic E-state index is 12.2. The van der Waals surface area contributed by atoms with Crippen molar-refractivity contribution in [1.82, 2.24) is 0 Å².